The second kappa shape index (κ2) is 7.50. The summed E-state index contributed by atoms with van der Waals surface area (Å²) in [5, 5.41) is 3.04. The molecular weight excluding hydrogens is 234 g/mol. The summed E-state index contributed by atoms with van der Waals surface area (Å²) in [6.45, 7) is 5.86. The van der Waals surface area contributed by atoms with Gasteiger partial charge in [0.15, 0.2) is 0 Å². The van der Waals surface area contributed by atoms with Gasteiger partial charge in [-0.05, 0) is 19.9 Å². The van der Waals surface area contributed by atoms with E-state index in [1.165, 1.54) is 6.20 Å². The zero-order valence-corrected chi connectivity index (χ0v) is 10.7. The molecule has 0 amide bonds. The molecule has 0 aliphatic heterocycles. The van der Waals surface area contributed by atoms with Gasteiger partial charge in [-0.25, -0.2) is 9.78 Å². The Hall–Kier alpha value is -1.82. The number of aromatic nitrogens is 1. The van der Waals surface area contributed by atoms with Gasteiger partial charge < -0.3 is 20.5 Å². The molecule has 0 aliphatic rings. The van der Waals surface area contributed by atoms with E-state index in [2.05, 4.69) is 10.3 Å². The number of nitrogens with zero attached hydrogens (tertiary/aromatic N) is 1. The van der Waals surface area contributed by atoms with Crippen molar-refractivity contribution in [2.24, 2.45) is 0 Å². The highest BCUT2D eigenvalue weighted by Gasteiger charge is 2.12. The van der Waals surface area contributed by atoms with Crippen molar-refractivity contribution < 1.29 is 14.3 Å². The normalized spacial score (nSPS) is 10.1. The van der Waals surface area contributed by atoms with Gasteiger partial charge in [0, 0.05) is 13.2 Å². The molecule has 0 aromatic carbocycles. The van der Waals surface area contributed by atoms with Gasteiger partial charge in [0.05, 0.1) is 30.7 Å². The number of nitrogen functional groups attached to an aromatic ring is 1. The van der Waals surface area contributed by atoms with Crippen molar-refractivity contribution in [1.29, 1.82) is 0 Å². The van der Waals surface area contributed by atoms with Crippen molar-refractivity contribution in [1.82, 2.24) is 4.98 Å². The standard InChI is InChI=1S/C12H19N3O3/c1-3-17-6-5-14-11-7-9(10(13)8-15-11)12(16)18-4-2/h7-8H,3-6,13H2,1-2H3,(H,14,15). The van der Waals surface area contributed by atoms with E-state index in [0.29, 0.717) is 43.4 Å². The van der Waals surface area contributed by atoms with E-state index in [4.69, 9.17) is 15.2 Å². The minimum Gasteiger partial charge on any atom is -0.462 e. The van der Waals surface area contributed by atoms with Crippen LogP contribution in [0.5, 0.6) is 0 Å². The molecule has 6 nitrogen and oxygen atoms in total. The van der Waals surface area contributed by atoms with Crippen molar-refractivity contribution in [3.05, 3.63) is 17.8 Å². The molecule has 0 fully saturated rings. The van der Waals surface area contributed by atoms with Crippen molar-refractivity contribution in [3.63, 3.8) is 0 Å². The summed E-state index contributed by atoms with van der Waals surface area (Å²) < 4.78 is 10.1. The van der Waals surface area contributed by atoms with E-state index in [0.717, 1.165) is 0 Å². The number of hydrogen-bond donors (Lipinski definition) is 2. The Morgan fingerprint density at radius 1 is 1.44 bits per heavy atom. The van der Waals surface area contributed by atoms with Crippen LogP contribution in [0, 0.1) is 0 Å². The molecule has 18 heavy (non-hydrogen) atoms. The maximum absolute atomic E-state index is 11.6. The molecule has 0 spiro atoms. The summed E-state index contributed by atoms with van der Waals surface area (Å²) in [5.74, 6) is 0.136. The second-order valence-corrected chi connectivity index (χ2v) is 3.50. The number of hydrogen-bond acceptors (Lipinski definition) is 6. The molecule has 6 heteroatoms. The van der Waals surface area contributed by atoms with E-state index >= 15 is 0 Å². The van der Waals surface area contributed by atoms with Crippen molar-refractivity contribution >= 4 is 17.5 Å². The van der Waals surface area contributed by atoms with Gasteiger partial charge in [-0.15, -0.1) is 0 Å². The smallest absolute Gasteiger partial charge is 0.340 e. The van der Waals surface area contributed by atoms with Crippen LogP contribution in [0.1, 0.15) is 24.2 Å². The lowest BCUT2D eigenvalue weighted by molar-refractivity contribution is 0.0527. The summed E-state index contributed by atoms with van der Waals surface area (Å²) in [6.07, 6.45) is 1.44. The third-order valence-corrected chi connectivity index (χ3v) is 2.19. The average Bonchev–Trinajstić information content (AvgIpc) is 2.36. The zero-order valence-electron chi connectivity index (χ0n) is 10.7. The molecule has 0 unspecified atom stereocenters. The molecule has 0 atom stereocenters. The topological polar surface area (TPSA) is 86.5 Å². The number of rotatable bonds is 7. The first-order valence-corrected chi connectivity index (χ1v) is 5.93. The summed E-state index contributed by atoms with van der Waals surface area (Å²) in [4.78, 5) is 15.7. The van der Waals surface area contributed by atoms with Crippen LogP contribution < -0.4 is 11.1 Å². The highest BCUT2D eigenvalue weighted by atomic mass is 16.5. The van der Waals surface area contributed by atoms with Gasteiger partial charge in [-0.2, -0.15) is 0 Å². The maximum Gasteiger partial charge on any atom is 0.340 e. The van der Waals surface area contributed by atoms with E-state index in [9.17, 15) is 4.79 Å². The molecule has 100 valence electrons. The monoisotopic (exact) mass is 253 g/mol. The summed E-state index contributed by atoms with van der Waals surface area (Å²) in [7, 11) is 0. The first-order valence-electron chi connectivity index (χ1n) is 5.93. The van der Waals surface area contributed by atoms with E-state index in [1.807, 2.05) is 6.92 Å². The quantitative estimate of drug-likeness (QED) is 0.562. The van der Waals surface area contributed by atoms with E-state index in [1.54, 1.807) is 13.0 Å². The highest BCUT2D eigenvalue weighted by Crippen LogP contribution is 2.15. The van der Waals surface area contributed by atoms with Crippen LogP contribution in [0.4, 0.5) is 11.5 Å². The Labute approximate surface area is 106 Å². The Balaban J connectivity index is 2.65. The molecule has 0 saturated carbocycles. The molecule has 1 aromatic heterocycles. The predicted octanol–water partition coefficient (Wildman–Crippen LogP) is 1.29. The molecule has 1 heterocycles. The summed E-state index contributed by atoms with van der Waals surface area (Å²) in [6, 6.07) is 1.58. The Morgan fingerprint density at radius 2 is 2.22 bits per heavy atom. The minimum absolute atomic E-state index is 0.309. The van der Waals surface area contributed by atoms with E-state index < -0.39 is 5.97 Å². The molecule has 0 aliphatic carbocycles. The molecule has 0 bridgehead atoms. The molecule has 0 saturated heterocycles. The number of carbonyl (C=O) groups excluding carboxylic acids is 1. The SMILES string of the molecule is CCOCCNc1cc(C(=O)OCC)c(N)cn1. The van der Waals surface area contributed by atoms with Gasteiger partial charge in [0.1, 0.15) is 5.82 Å². The number of anilines is 2. The van der Waals surface area contributed by atoms with Gasteiger partial charge in [0.2, 0.25) is 0 Å². The fraction of sp³-hybridized carbons (Fsp3) is 0.500. The van der Waals surface area contributed by atoms with Crippen LogP contribution in [-0.4, -0.2) is 37.3 Å². The number of nitrogens with two attached hydrogens (primary N) is 1. The largest absolute Gasteiger partial charge is 0.462 e. The maximum atomic E-state index is 11.6. The second-order valence-electron chi connectivity index (χ2n) is 3.50. The molecule has 1 rings (SSSR count). The summed E-state index contributed by atoms with van der Waals surface area (Å²) >= 11 is 0. The zero-order chi connectivity index (χ0) is 13.4. The Morgan fingerprint density at radius 3 is 2.89 bits per heavy atom. The third-order valence-electron chi connectivity index (χ3n) is 2.19. The Kier molecular flexibility index (Phi) is 5.93. The lowest BCUT2D eigenvalue weighted by Gasteiger charge is -2.09. The van der Waals surface area contributed by atoms with Crippen LogP contribution in [0.25, 0.3) is 0 Å². The third kappa shape index (κ3) is 4.21. The lowest BCUT2D eigenvalue weighted by atomic mass is 10.2. The van der Waals surface area contributed by atoms with Gasteiger partial charge in [-0.1, -0.05) is 0 Å². The number of ether oxygens (including phenoxy) is 2. The average molecular weight is 253 g/mol. The van der Waals surface area contributed by atoms with Crippen LogP contribution in [0.15, 0.2) is 12.3 Å². The minimum atomic E-state index is -0.440. The van der Waals surface area contributed by atoms with Crippen LogP contribution in [-0.2, 0) is 9.47 Å². The number of esters is 1. The van der Waals surface area contributed by atoms with Crippen molar-refractivity contribution in [3.8, 4) is 0 Å². The highest BCUT2D eigenvalue weighted by molar-refractivity contribution is 5.95. The predicted molar refractivity (Wildman–Crippen MR) is 69.6 cm³/mol. The van der Waals surface area contributed by atoms with Crippen molar-refractivity contribution in [2.75, 3.05) is 37.4 Å². The lowest BCUT2D eigenvalue weighted by Crippen LogP contribution is -2.13. The van der Waals surface area contributed by atoms with E-state index in [-0.39, 0.29) is 0 Å². The number of carbonyl (C=O) groups is 1. The summed E-state index contributed by atoms with van der Waals surface area (Å²) in [5.41, 5.74) is 6.32. The molecule has 1 aromatic rings. The van der Waals surface area contributed by atoms with Gasteiger partial charge >= 0.3 is 5.97 Å². The first kappa shape index (κ1) is 14.2. The van der Waals surface area contributed by atoms with Gasteiger partial charge in [0.25, 0.3) is 0 Å². The van der Waals surface area contributed by atoms with Crippen LogP contribution in [0.3, 0.4) is 0 Å². The number of nitrogens with one attached hydrogen (secondary N) is 1. The first-order chi connectivity index (χ1) is 8.69. The molecule has 0 radical (unpaired) electrons. The van der Waals surface area contributed by atoms with Crippen LogP contribution in [0.2, 0.25) is 0 Å². The van der Waals surface area contributed by atoms with Crippen LogP contribution >= 0.6 is 0 Å². The van der Waals surface area contributed by atoms with Gasteiger partial charge in [-0.3, -0.25) is 0 Å². The molecular formula is C12H19N3O3. The van der Waals surface area contributed by atoms with Crippen molar-refractivity contribution in [2.45, 2.75) is 13.8 Å². The molecule has 3 N–H and O–H groups in total. The fourth-order valence-corrected chi connectivity index (χ4v) is 1.34. The fourth-order valence-electron chi connectivity index (χ4n) is 1.34. The Bertz CT molecular complexity index is 396. The number of pyridine rings is 1.